The maximum absolute atomic E-state index is 4.37. The van der Waals surface area contributed by atoms with Gasteiger partial charge in [0.15, 0.2) is 0 Å². The van der Waals surface area contributed by atoms with Gasteiger partial charge in [-0.05, 0) is 79.8 Å². The minimum absolute atomic E-state index is 0.852. The molecule has 0 aliphatic carbocycles. The molecule has 0 bridgehead atoms. The lowest BCUT2D eigenvalue weighted by molar-refractivity contribution is 0.795. The van der Waals surface area contributed by atoms with Crippen LogP contribution in [0.15, 0.2) is 83.0 Å². The third-order valence-corrected chi connectivity index (χ3v) is 5.42. The molecule has 0 aliphatic heterocycles. The number of nitrogens with zero attached hydrogens (tertiary/aromatic N) is 3. The van der Waals surface area contributed by atoms with Crippen molar-refractivity contribution < 1.29 is 0 Å². The van der Waals surface area contributed by atoms with E-state index in [1.54, 1.807) is 0 Å². The summed E-state index contributed by atoms with van der Waals surface area (Å²) in [6, 6.07) is 25.2. The third-order valence-electron chi connectivity index (χ3n) is 5.42. The van der Waals surface area contributed by atoms with Crippen LogP contribution < -0.4 is 4.90 Å². The Balaban J connectivity index is 1.58. The first kappa shape index (κ1) is 22.5. The quantitative estimate of drug-likeness (QED) is 0.243. The van der Waals surface area contributed by atoms with Gasteiger partial charge in [0.25, 0.3) is 0 Å². The molecule has 0 unspecified atom stereocenters. The fraction of sp³-hybridized carbons (Fsp3) is 0.286. The highest BCUT2D eigenvalue weighted by atomic mass is 15.1. The summed E-state index contributed by atoms with van der Waals surface area (Å²) in [5.41, 5.74) is 6.72. The van der Waals surface area contributed by atoms with Crippen molar-refractivity contribution >= 4 is 29.2 Å². The fourth-order valence-corrected chi connectivity index (χ4v) is 3.46. The van der Waals surface area contributed by atoms with Crippen LogP contribution in [0, 0.1) is 0 Å². The van der Waals surface area contributed by atoms with Gasteiger partial charge in [-0.2, -0.15) is 10.2 Å². The second-order valence-electron chi connectivity index (χ2n) is 7.66. The highest BCUT2D eigenvalue weighted by Gasteiger charge is 2.01. The van der Waals surface area contributed by atoms with E-state index in [0.29, 0.717) is 0 Å². The molecule has 0 fully saturated rings. The van der Waals surface area contributed by atoms with Gasteiger partial charge in [0.05, 0.1) is 11.4 Å². The molecule has 0 saturated carbocycles. The van der Waals surface area contributed by atoms with Gasteiger partial charge in [-0.1, -0.05) is 61.9 Å². The molecule has 3 aromatic carbocycles. The molecule has 0 saturated heterocycles. The Hall–Kier alpha value is -3.20. The Bertz CT molecular complexity index is 964. The van der Waals surface area contributed by atoms with Gasteiger partial charge >= 0.3 is 0 Å². The normalized spacial score (nSPS) is 11.5. The Kier molecular flexibility index (Phi) is 8.59. The fourth-order valence-electron chi connectivity index (χ4n) is 3.46. The van der Waals surface area contributed by atoms with Crippen LogP contribution in [0.5, 0.6) is 0 Å². The summed E-state index contributed by atoms with van der Waals surface area (Å²) in [5.74, 6) is 0. The molecule has 0 heterocycles. The molecular weight excluding hydrogens is 378 g/mol. The van der Waals surface area contributed by atoms with E-state index in [2.05, 4.69) is 96.6 Å². The van der Waals surface area contributed by atoms with Crippen molar-refractivity contribution in [3.05, 3.63) is 89.5 Å². The van der Waals surface area contributed by atoms with Crippen molar-refractivity contribution in [3.63, 3.8) is 0 Å². The molecule has 0 amide bonds. The first-order chi connectivity index (χ1) is 15.2. The van der Waals surface area contributed by atoms with E-state index in [-0.39, 0.29) is 0 Å². The molecule has 0 radical (unpaired) electrons. The Morgan fingerprint density at radius 2 is 1.13 bits per heavy atom. The summed E-state index contributed by atoms with van der Waals surface area (Å²) >= 11 is 0. The largest absolute Gasteiger partial charge is 0.372 e. The zero-order valence-electron chi connectivity index (χ0n) is 19.0. The van der Waals surface area contributed by atoms with Crippen molar-refractivity contribution in [2.45, 2.75) is 40.0 Å². The van der Waals surface area contributed by atoms with Gasteiger partial charge < -0.3 is 4.90 Å². The number of azo groups is 1. The molecule has 31 heavy (non-hydrogen) atoms. The number of benzene rings is 3. The second kappa shape index (κ2) is 11.8. The number of unbranched alkanes of at least 4 members (excludes halogenated alkanes) is 1. The lowest BCUT2D eigenvalue weighted by atomic mass is 10.1. The first-order valence-electron chi connectivity index (χ1n) is 11.4. The number of hydrogen-bond donors (Lipinski definition) is 0. The maximum Gasteiger partial charge on any atom is 0.0858 e. The van der Waals surface area contributed by atoms with Crippen molar-refractivity contribution in [2.75, 3.05) is 18.0 Å². The van der Waals surface area contributed by atoms with Crippen LogP contribution in [0.25, 0.3) is 12.2 Å². The number of rotatable bonds is 10. The zero-order valence-corrected chi connectivity index (χ0v) is 19.0. The summed E-state index contributed by atoms with van der Waals surface area (Å²) in [7, 11) is 0. The van der Waals surface area contributed by atoms with Crippen molar-refractivity contribution in [1.82, 2.24) is 0 Å². The van der Waals surface area contributed by atoms with Crippen molar-refractivity contribution in [1.29, 1.82) is 0 Å². The van der Waals surface area contributed by atoms with E-state index in [4.69, 9.17) is 0 Å². The van der Waals surface area contributed by atoms with Gasteiger partial charge in [-0.15, -0.1) is 0 Å². The topological polar surface area (TPSA) is 28.0 Å². The molecule has 0 N–H and O–H groups in total. The molecule has 160 valence electrons. The minimum Gasteiger partial charge on any atom is -0.372 e. The van der Waals surface area contributed by atoms with E-state index in [1.165, 1.54) is 29.7 Å². The van der Waals surface area contributed by atoms with E-state index < -0.39 is 0 Å². The zero-order chi connectivity index (χ0) is 21.9. The first-order valence-corrected chi connectivity index (χ1v) is 11.4. The number of aryl methyl sites for hydroxylation is 1. The maximum atomic E-state index is 4.37. The molecule has 0 aliphatic rings. The number of hydrogen-bond acceptors (Lipinski definition) is 3. The summed E-state index contributed by atoms with van der Waals surface area (Å²) in [5, 5.41) is 8.74. The monoisotopic (exact) mass is 411 g/mol. The van der Waals surface area contributed by atoms with Gasteiger partial charge in [0.2, 0.25) is 0 Å². The van der Waals surface area contributed by atoms with Crippen LogP contribution in [0.2, 0.25) is 0 Å². The standard InChI is InChI=1S/C28H33N3/c1-4-7-8-23-9-11-24(12-10-23)13-14-25-15-17-26(18-16-25)29-30-27-19-21-28(22-20-27)31(5-2)6-3/h9-22H,4-8H2,1-3H3/b14-13+,30-29+. The predicted octanol–water partition coefficient (Wildman–Crippen LogP) is 8.46. The predicted molar refractivity (Wildman–Crippen MR) is 135 cm³/mol. The van der Waals surface area contributed by atoms with E-state index in [9.17, 15) is 0 Å². The highest BCUT2D eigenvalue weighted by Crippen LogP contribution is 2.23. The van der Waals surface area contributed by atoms with Crippen molar-refractivity contribution in [3.8, 4) is 0 Å². The van der Waals surface area contributed by atoms with Crippen LogP contribution in [0.1, 0.15) is 50.3 Å². The van der Waals surface area contributed by atoms with Crippen LogP contribution in [-0.2, 0) is 6.42 Å². The Labute approximate surface area is 187 Å². The minimum atomic E-state index is 0.852. The third kappa shape index (κ3) is 6.92. The van der Waals surface area contributed by atoms with Gasteiger partial charge in [0.1, 0.15) is 0 Å². The van der Waals surface area contributed by atoms with Crippen molar-refractivity contribution in [2.24, 2.45) is 10.2 Å². The van der Waals surface area contributed by atoms with Crippen LogP contribution in [0.4, 0.5) is 17.1 Å². The molecule has 3 heteroatoms. The smallest absolute Gasteiger partial charge is 0.0858 e. The summed E-state index contributed by atoms with van der Waals surface area (Å²) in [4.78, 5) is 2.31. The summed E-state index contributed by atoms with van der Waals surface area (Å²) in [6.07, 6.45) is 7.93. The molecular formula is C28H33N3. The van der Waals surface area contributed by atoms with E-state index >= 15 is 0 Å². The van der Waals surface area contributed by atoms with Crippen LogP contribution >= 0.6 is 0 Å². The number of anilines is 1. The molecule has 3 aromatic rings. The lowest BCUT2D eigenvalue weighted by Crippen LogP contribution is -2.21. The van der Waals surface area contributed by atoms with E-state index in [0.717, 1.165) is 36.4 Å². The van der Waals surface area contributed by atoms with E-state index in [1.807, 2.05) is 24.3 Å². The van der Waals surface area contributed by atoms with Gasteiger partial charge in [-0.3, -0.25) is 0 Å². The molecule has 0 aromatic heterocycles. The average molecular weight is 412 g/mol. The summed E-state index contributed by atoms with van der Waals surface area (Å²) in [6.45, 7) is 8.57. The van der Waals surface area contributed by atoms with Crippen LogP contribution in [0.3, 0.4) is 0 Å². The molecule has 3 rings (SSSR count). The van der Waals surface area contributed by atoms with Gasteiger partial charge in [-0.25, -0.2) is 0 Å². The van der Waals surface area contributed by atoms with Crippen LogP contribution in [-0.4, -0.2) is 13.1 Å². The molecule has 0 atom stereocenters. The Morgan fingerprint density at radius 1 is 0.645 bits per heavy atom. The SMILES string of the molecule is CCCCc1ccc(/C=C/c2ccc(/N=N/c3ccc(N(CC)CC)cc3)cc2)cc1. The molecule has 3 nitrogen and oxygen atoms in total. The highest BCUT2D eigenvalue weighted by molar-refractivity contribution is 5.70. The van der Waals surface area contributed by atoms with Gasteiger partial charge in [0, 0.05) is 18.8 Å². The Morgan fingerprint density at radius 3 is 1.61 bits per heavy atom. The second-order valence-corrected chi connectivity index (χ2v) is 7.66. The lowest BCUT2D eigenvalue weighted by Gasteiger charge is -2.20. The average Bonchev–Trinajstić information content (AvgIpc) is 2.83. The summed E-state index contributed by atoms with van der Waals surface area (Å²) < 4.78 is 0. The molecule has 0 spiro atoms.